The SMILES string of the molecule is O=C(C1=CC1)c1ccccc1. The van der Waals surface area contributed by atoms with Crippen molar-refractivity contribution >= 4 is 5.78 Å². The summed E-state index contributed by atoms with van der Waals surface area (Å²) in [6.45, 7) is 0. The van der Waals surface area contributed by atoms with Gasteiger partial charge >= 0.3 is 0 Å². The number of rotatable bonds is 2. The van der Waals surface area contributed by atoms with Crippen LogP contribution >= 0.6 is 0 Å². The molecular weight excluding hydrogens is 136 g/mol. The number of hydrogen-bond acceptors (Lipinski definition) is 1. The second kappa shape index (κ2) is 2.35. The quantitative estimate of drug-likeness (QED) is 0.581. The Hall–Kier alpha value is -1.37. The van der Waals surface area contributed by atoms with Crippen molar-refractivity contribution in [2.45, 2.75) is 6.42 Å². The van der Waals surface area contributed by atoms with Crippen molar-refractivity contribution in [3.05, 3.63) is 47.5 Å². The first-order chi connectivity index (χ1) is 5.38. The van der Waals surface area contributed by atoms with Gasteiger partial charge < -0.3 is 0 Å². The highest BCUT2D eigenvalue weighted by atomic mass is 16.1. The lowest BCUT2D eigenvalue weighted by molar-refractivity contribution is 0.103. The highest BCUT2D eigenvalue weighted by Crippen LogP contribution is 2.22. The summed E-state index contributed by atoms with van der Waals surface area (Å²) in [5, 5.41) is 0. The molecule has 0 saturated heterocycles. The second-order valence-electron chi connectivity index (χ2n) is 2.63. The first-order valence-electron chi connectivity index (χ1n) is 3.67. The largest absolute Gasteiger partial charge is 0.289 e. The summed E-state index contributed by atoms with van der Waals surface area (Å²) in [5.41, 5.74) is 1.76. The zero-order valence-corrected chi connectivity index (χ0v) is 6.08. The molecule has 0 saturated carbocycles. The van der Waals surface area contributed by atoms with E-state index >= 15 is 0 Å². The topological polar surface area (TPSA) is 17.1 Å². The van der Waals surface area contributed by atoms with Crippen LogP contribution < -0.4 is 0 Å². The summed E-state index contributed by atoms with van der Waals surface area (Å²) in [5.74, 6) is 0.186. The molecule has 0 heterocycles. The molecule has 1 aromatic carbocycles. The Morgan fingerprint density at radius 3 is 2.36 bits per heavy atom. The van der Waals surface area contributed by atoms with Crippen LogP contribution in [0.25, 0.3) is 0 Å². The molecule has 0 atom stereocenters. The molecular formula is C10H8O. The minimum atomic E-state index is 0.186. The Morgan fingerprint density at radius 1 is 1.18 bits per heavy atom. The Labute approximate surface area is 65.4 Å². The van der Waals surface area contributed by atoms with E-state index in [1.165, 1.54) is 0 Å². The fraction of sp³-hybridized carbons (Fsp3) is 0.100. The van der Waals surface area contributed by atoms with Crippen molar-refractivity contribution in [1.82, 2.24) is 0 Å². The van der Waals surface area contributed by atoms with Crippen molar-refractivity contribution in [2.24, 2.45) is 0 Å². The van der Waals surface area contributed by atoms with E-state index in [1.807, 2.05) is 36.4 Å². The number of allylic oxidation sites excluding steroid dienone is 2. The Bertz CT molecular complexity index is 309. The zero-order valence-electron chi connectivity index (χ0n) is 6.08. The molecule has 0 aliphatic heterocycles. The minimum Gasteiger partial charge on any atom is -0.289 e. The summed E-state index contributed by atoms with van der Waals surface area (Å²) < 4.78 is 0. The molecule has 2 rings (SSSR count). The molecule has 1 aliphatic carbocycles. The summed E-state index contributed by atoms with van der Waals surface area (Å²) in [7, 11) is 0. The van der Waals surface area contributed by atoms with Crippen molar-refractivity contribution < 1.29 is 4.79 Å². The molecule has 0 amide bonds. The van der Waals surface area contributed by atoms with Gasteiger partial charge in [0.15, 0.2) is 5.78 Å². The number of benzene rings is 1. The molecule has 0 fully saturated rings. The van der Waals surface area contributed by atoms with Crippen LogP contribution in [0.15, 0.2) is 42.0 Å². The predicted molar refractivity (Wildman–Crippen MR) is 43.5 cm³/mol. The average Bonchev–Trinajstić information content (AvgIpc) is 2.87. The molecule has 0 spiro atoms. The highest BCUT2D eigenvalue weighted by Gasteiger charge is 2.17. The van der Waals surface area contributed by atoms with E-state index in [9.17, 15) is 4.79 Å². The van der Waals surface area contributed by atoms with Gasteiger partial charge in [-0.15, -0.1) is 0 Å². The molecule has 1 nitrogen and oxygen atoms in total. The van der Waals surface area contributed by atoms with Crippen LogP contribution in [0, 0.1) is 0 Å². The van der Waals surface area contributed by atoms with Crippen LogP contribution in [0.5, 0.6) is 0 Å². The fourth-order valence-corrected chi connectivity index (χ4v) is 1.01. The average molecular weight is 144 g/mol. The fourth-order valence-electron chi connectivity index (χ4n) is 1.01. The van der Waals surface area contributed by atoms with E-state index in [4.69, 9.17) is 0 Å². The van der Waals surface area contributed by atoms with Crippen molar-refractivity contribution in [3.8, 4) is 0 Å². The predicted octanol–water partition coefficient (Wildman–Crippen LogP) is 2.20. The van der Waals surface area contributed by atoms with E-state index in [2.05, 4.69) is 0 Å². The van der Waals surface area contributed by atoms with Gasteiger partial charge in [-0.2, -0.15) is 0 Å². The summed E-state index contributed by atoms with van der Waals surface area (Å²) in [4.78, 5) is 11.3. The first kappa shape index (κ1) is 6.35. The number of hydrogen-bond donors (Lipinski definition) is 0. The smallest absolute Gasteiger partial charge is 0.189 e. The van der Waals surface area contributed by atoms with E-state index in [-0.39, 0.29) is 5.78 Å². The Balaban J connectivity index is 2.29. The first-order valence-corrected chi connectivity index (χ1v) is 3.67. The molecule has 1 heteroatoms. The maximum atomic E-state index is 11.3. The van der Waals surface area contributed by atoms with Crippen LogP contribution in [0.3, 0.4) is 0 Å². The van der Waals surface area contributed by atoms with E-state index < -0.39 is 0 Å². The second-order valence-corrected chi connectivity index (χ2v) is 2.63. The molecule has 1 aromatic rings. The lowest BCUT2D eigenvalue weighted by Gasteiger charge is -1.93. The minimum absolute atomic E-state index is 0.186. The molecule has 0 radical (unpaired) electrons. The molecule has 11 heavy (non-hydrogen) atoms. The monoisotopic (exact) mass is 144 g/mol. The number of carbonyl (C=O) groups excluding carboxylic acids is 1. The number of Topliss-reactive ketones (excluding diaryl/α,β-unsaturated/α-hetero) is 1. The Morgan fingerprint density at radius 2 is 1.82 bits per heavy atom. The van der Waals surface area contributed by atoms with Gasteiger partial charge in [0.2, 0.25) is 0 Å². The van der Waals surface area contributed by atoms with Gasteiger partial charge in [0.1, 0.15) is 0 Å². The van der Waals surface area contributed by atoms with Crippen molar-refractivity contribution in [3.63, 3.8) is 0 Å². The molecule has 0 aromatic heterocycles. The van der Waals surface area contributed by atoms with Gasteiger partial charge in [0, 0.05) is 11.1 Å². The van der Waals surface area contributed by atoms with Gasteiger partial charge in [-0.1, -0.05) is 36.4 Å². The third kappa shape index (κ3) is 1.22. The van der Waals surface area contributed by atoms with E-state index in [0.29, 0.717) is 0 Å². The molecule has 1 aliphatic rings. The summed E-state index contributed by atoms with van der Waals surface area (Å²) in [6.07, 6.45) is 2.84. The lowest BCUT2D eigenvalue weighted by atomic mass is 10.1. The molecule has 0 N–H and O–H groups in total. The molecule has 54 valence electrons. The summed E-state index contributed by atoms with van der Waals surface area (Å²) in [6, 6.07) is 9.38. The standard InChI is InChI=1S/C10H8O/c11-10(9-6-7-9)8-4-2-1-3-5-8/h1-6H,7H2. The van der Waals surface area contributed by atoms with Crippen LogP contribution in [0.2, 0.25) is 0 Å². The van der Waals surface area contributed by atoms with E-state index in [0.717, 1.165) is 17.6 Å². The van der Waals surface area contributed by atoms with Gasteiger partial charge in [-0.3, -0.25) is 4.79 Å². The van der Waals surface area contributed by atoms with Crippen LogP contribution in [-0.2, 0) is 0 Å². The molecule has 0 bridgehead atoms. The zero-order chi connectivity index (χ0) is 7.68. The number of ketones is 1. The molecule has 0 unspecified atom stereocenters. The van der Waals surface area contributed by atoms with E-state index in [1.54, 1.807) is 0 Å². The number of carbonyl (C=O) groups is 1. The lowest BCUT2D eigenvalue weighted by Crippen LogP contribution is -1.94. The highest BCUT2D eigenvalue weighted by molar-refractivity contribution is 6.11. The van der Waals surface area contributed by atoms with Gasteiger partial charge in [0.05, 0.1) is 0 Å². The van der Waals surface area contributed by atoms with Crippen LogP contribution in [-0.4, -0.2) is 5.78 Å². The van der Waals surface area contributed by atoms with Gasteiger partial charge in [0.25, 0.3) is 0 Å². The third-order valence-electron chi connectivity index (χ3n) is 1.74. The Kier molecular flexibility index (Phi) is 1.35. The van der Waals surface area contributed by atoms with Crippen molar-refractivity contribution in [1.29, 1.82) is 0 Å². The maximum absolute atomic E-state index is 11.3. The normalized spacial score (nSPS) is 14.0. The van der Waals surface area contributed by atoms with Crippen molar-refractivity contribution in [2.75, 3.05) is 0 Å². The van der Waals surface area contributed by atoms with Crippen LogP contribution in [0.4, 0.5) is 0 Å². The van der Waals surface area contributed by atoms with Crippen LogP contribution in [0.1, 0.15) is 16.8 Å². The summed E-state index contributed by atoms with van der Waals surface area (Å²) >= 11 is 0. The van der Waals surface area contributed by atoms with Gasteiger partial charge in [-0.05, 0) is 6.42 Å². The maximum Gasteiger partial charge on any atom is 0.189 e. The third-order valence-corrected chi connectivity index (χ3v) is 1.74. The van der Waals surface area contributed by atoms with Gasteiger partial charge in [-0.25, -0.2) is 0 Å².